The van der Waals surface area contributed by atoms with E-state index in [-0.39, 0.29) is 23.3 Å². The predicted molar refractivity (Wildman–Crippen MR) is 172 cm³/mol. The second-order valence-corrected chi connectivity index (χ2v) is 11.3. The Morgan fingerprint density at radius 2 is 1.84 bits per heavy atom. The SMILES string of the molecule is CCC(CNC(=S)N=C1SCC(=O)N1c1ccccc1COC)c1ccc(-c2ncn(-c3ccc(OC(F)(F)F)cc3)n2)cc1. The maximum absolute atomic E-state index is 12.7. The Morgan fingerprint density at radius 1 is 1.11 bits per heavy atom. The van der Waals surface area contributed by atoms with E-state index in [2.05, 4.69) is 32.1 Å². The van der Waals surface area contributed by atoms with Crippen molar-refractivity contribution in [2.24, 2.45) is 4.99 Å². The maximum Gasteiger partial charge on any atom is 0.573 e. The lowest BCUT2D eigenvalue weighted by atomic mass is 9.95. The fourth-order valence-corrected chi connectivity index (χ4v) is 5.84. The fraction of sp³-hybridized carbons (Fsp3) is 0.258. The number of anilines is 1. The second-order valence-electron chi connectivity index (χ2n) is 9.94. The highest BCUT2D eigenvalue weighted by Gasteiger charge is 2.32. The number of carbonyl (C=O) groups excluding carboxylic acids is 1. The van der Waals surface area contributed by atoms with Crippen LogP contribution in [0.1, 0.15) is 30.4 Å². The lowest BCUT2D eigenvalue weighted by Gasteiger charge is -2.20. The number of aromatic nitrogens is 3. The number of ether oxygens (including phenoxy) is 2. The van der Waals surface area contributed by atoms with Crippen molar-refractivity contribution < 1.29 is 27.4 Å². The Morgan fingerprint density at radius 3 is 2.53 bits per heavy atom. The molecular formula is C31H29F3N6O3S2. The van der Waals surface area contributed by atoms with Gasteiger partial charge >= 0.3 is 6.36 Å². The van der Waals surface area contributed by atoms with Gasteiger partial charge in [0.1, 0.15) is 12.1 Å². The van der Waals surface area contributed by atoms with Crippen LogP contribution in [0.15, 0.2) is 84.1 Å². The number of thioether (sulfide) groups is 1. The molecule has 1 aliphatic rings. The van der Waals surface area contributed by atoms with Gasteiger partial charge < -0.3 is 14.8 Å². The van der Waals surface area contributed by atoms with Crippen LogP contribution in [-0.4, -0.2) is 56.7 Å². The molecule has 0 radical (unpaired) electrons. The van der Waals surface area contributed by atoms with Crippen molar-refractivity contribution in [3.8, 4) is 22.8 Å². The highest BCUT2D eigenvalue weighted by Crippen LogP contribution is 2.30. The van der Waals surface area contributed by atoms with Gasteiger partial charge in [0, 0.05) is 30.7 Å². The van der Waals surface area contributed by atoms with Crippen LogP contribution in [0.4, 0.5) is 18.9 Å². The first-order chi connectivity index (χ1) is 21.6. The normalized spacial score (nSPS) is 15.0. The van der Waals surface area contributed by atoms with Crippen molar-refractivity contribution in [2.75, 3.05) is 24.3 Å². The lowest BCUT2D eigenvalue weighted by molar-refractivity contribution is -0.274. The molecule has 1 unspecified atom stereocenters. The summed E-state index contributed by atoms with van der Waals surface area (Å²) < 4.78 is 48.0. The molecular weight excluding hydrogens is 626 g/mol. The second kappa shape index (κ2) is 14.2. The van der Waals surface area contributed by atoms with E-state index in [4.69, 9.17) is 17.0 Å². The van der Waals surface area contributed by atoms with Crippen LogP contribution in [0.2, 0.25) is 0 Å². The van der Waals surface area contributed by atoms with Crippen molar-refractivity contribution in [1.82, 2.24) is 20.1 Å². The Labute approximate surface area is 267 Å². The highest BCUT2D eigenvalue weighted by molar-refractivity contribution is 8.15. The van der Waals surface area contributed by atoms with Crippen LogP contribution in [-0.2, 0) is 16.1 Å². The van der Waals surface area contributed by atoms with Gasteiger partial charge in [0.15, 0.2) is 16.1 Å². The van der Waals surface area contributed by atoms with E-state index < -0.39 is 6.36 Å². The van der Waals surface area contributed by atoms with Gasteiger partial charge in [-0.2, -0.15) is 4.99 Å². The summed E-state index contributed by atoms with van der Waals surface area (Å²) in [6.07, 6.45) is -2.41. The third kappa shape index (κ3) is 8.07. The van der Waals surface area contributed by atoms with Crippen molar-refractivity contribution in [3.63, 3.8) is 0 Å². The molecule has 1 N–H and O–H groups in total. The van der Waals surface area contributed by atoms with E-state index in [1.807, 2.05) is 48.5 Å². The summed E-state index contributed by atoms with van der Waals surface area (Å²) in [5.41, 5.74) is 4.03. The minimum atomic E-state index is -4.75. The number of thiocarbonyl (C=S) groups is 1. The summed E-state index contributed by atoms with van der Waals surface area (Å²) in [5, 5.41) is 8.53. The number of amides is 1. The summed E-state index contributed by atoms with van der Waals surface area (Å²) in [7, 11) is 1.61. The molecule has 0 bridgehead atoms. The van der Waals surface area contributed by atoms with E-state index in [1.54, 1.807) is 12.0 Å². The number of hydrogen-bond donors (Lipinski definition) is 1. The quantitative estimate of drug-likeness (QED) is 0.194. The number of aliphatic imine (C=N–C) groups is 1. The molecule has 4 aromatic rings. The fourth-order valence-electron chi connectivity index (χ4n) is 4.75. The first kappa shape index (κ1) is 32.1. The van der Waals surface area contributed by atoms with Gasteiger partial charge in [-0.05, 0) is 54.5 Å². The molecule has 2 heterocycles. The van der Waals surface area contributed by atoms with Gasteiger partial charge in [0.05, 0.1) is 23.7 Å². The van der Waals surface area contributed by atoms with Crippen LogP contribution in [0.3, 0.4) is 0 Å². The van der Waals surface area contributed by atoms with Gasteiger partial charge in [0.2, 0.25) is 5.91 Å². The minimum absolute atomic E-state index is 0.0654. The van der Waals surface area contributed by atoms with Gasteiger partial charge in [-0.25, -0.2) is 9.67 Å². The molecule has 45 heavy (non-hydrogen) atoms. The van der Waals surface area contributed by atoms with Crippen molar-refractivity contribution in [1.29, 1.82) is 0 Å². The van der Waals surface area contributed by atoms with Crippen molar-refractivity contribution >= 4 is 45.9 Å². The summed E-state index contributed by atoms with van der Waals surface area (Å²) in [6.45, 7) is 3.00. The van der Waals surface area contributed by atoms with Gasteiger partial charge in [-0.15, -0.1) is 18.3 Å². The van der Waals surface area contributed by atoms with E-state index in [0.717, 1.165) is 28.8 Å². The highest BCUT2D eigenvalue weighted by atomic mass is 32.2. The average molecular weight is 655 g/mol. The topological polar surface area (TPSA) is 93.9 Å². The third-order valence-electron chi connectivity index (χ3n) is 6.95. The number of nitrogens with one attached hydrogen (secondary N) is 1. The largest absolute Gasteiger partial charge is 0.573 e. The zero-order valence-corrected chi connectivity index (χ0v) is 26.0. The standard InChI is InChI=1S/C31H29F3N6O3S2/c1-3-20(16-35-29(44)37-30-40(27(41)18-45-30)26-7-5-4-6-23(26)17-42-2)21-8-10-22(11-9-21)28-36-19-39(38-28)24-12-14-25(15-13-24)43-31(32,33)34/h4-15,19-20H,3,16-18H2,1-2H3,(H,35,44). The number of benzene rings is 3. The predicted octanol–water partition coefficient (Wildman–Crippen LogP) is 6.48. The van der Waals surface area contributed by atoms with Crippen LogP contribution < -0.4 is 15.0 Å². The van der Waals surface area contributed by atoms with E-state index >= 15 is 0 Å². The van der Waals surface area contributed by atoms with E-state index in [1.165, 1.54) is 47.0 Å². The van der Waals surface area contributed by atoms with Crippen molar-refractivity contribution in [2.45, 2.75) is 32.2 Å². The van der Waals surface area contributed by atoms with Gasteiger partial charge in [-0.3, -0.25) is 9.69 Å². The summed E-state index contributed by atoms with van der Waals surface area (Å²) in [4.78, 5) is 23.3. The Hall–Kier alpha value is -4.27. The monoisotopic (exact) mass is 654 g/mol. The molecule has 0 spiro atoms. The number of hydrogen-bond acceptors (Lipinski definition) is 7. The summed E-state index contributed by atoms with van der Waals surface area (Å²) in [6, 6.07) is 20.8. The third-order valence-corrected chi connectivity index (χ3v) is 8.11. The molecule has 1 atom stereocenters. The molecule has 1 saturated heterocycles. The van der Waals surface area contributed by atoms with Crippen molar-refractivity contribution in [3.05, 3.63) is 90.3 Å². The Kier molecular flexibility index (Phi) is 10.2. The molecule has 234 valence electrons. The molecule has 9 nitrogen and oxygen atoms in total. The molecule has 14 heteroatoms. The van der Waals surface area contributed by atoms with Crippen LogP contribution in [0.5, 0.6) is 5.75 Å². The molecule has 0 saturated carbocycles. The zero-order chi connectivity index (χ0) is 32.0. The van der Waals surface area contributed by atoms with E-state index in [9.17, 15) is 18.0 Å². The molecule has 0 aliphatic carbocycles. The summed E-state index contributed by atoms with van der Waals surface area (Å²) in [5.74, 6) is 0.512. The van der Waals surface area contributed by atoms with Gasteiger partial charge in [0.25, 0.3) is 0 Å². The first-order valence-corrected chi connectivity index (χ1v) is 15.3. The molecule has 1 amide bonds. The smallest absolute Gasteiger partial charge is 0.406 e. The zero-order valence-electron chi connectivity index (χ0n) is 24.3. The number of halogens is 3. The molecule has 1 aromatic heterocycles. The minimum Gasteiger partial charge on any atom is -0.406 e. The molecule has 1 aliphatic heterocycles. The summed E-state index contributed by atoms with van der Waals surface area (Å²) >= 11 is 6.88. The van der Waals surface area contributed by atoms with Crippen LogP contribution >= 0.6 is 24.0 Å². The number of methoxy groups -OCH3 is 1. The number of para-hydroxylation sites is 1. The number of amidine groups is 1. The van der Waals surface area contributed by atoms with Crippen LogP contribution in [0, 0.1) is 0 Å². The number of rotatable bonds is 10. The van der Waals surface area contributed by atoms with Crippen LogP contribution in [0.25, 0.3) is 17.1 Å². The molecule has 3 aromatic carbocycles. The lowest BCUT2D eigenvalue weighted by Crippen LogP contribution is -2.32. The maximum atomic E-state index is 12.7. The van der Waals surface area contributed by atoms with E-state index in [0.29, 0.717) is 34.9 Å². The number of alkyl halides is 3. The Balaban J connectivity index is 1.21. The van der Waals surface area contributed by atoms with Gasteiger partial charge in [-0.1, -0.05) is 61.2 Å². The number of carbonyl (C=O) groups is 1. The number of nitrogens with zero attached hydrogens (tertiary/aromatic N) is 5. The first-order valence-electron chi connectivity index (χ1n) is 13.9. The molecule has 1 fully saturated rings. The molecule has 5 rings (SSSR count). The Bertz CT molecular complexity index is 1680. The average Bonchev–Trinajstić information content (AvgIpc) is 3.65.